The first-order valence-electron chi connectivity index (χ1n) is 7.41. The first-order chi connectivity index (χ1) is 10.9. The van der Waals surface area contributed by atoms with Crippen LogP contribution in [0.25, 0.3) is 0 Å². The van der Waals surface area contributed by atoms with Gasteiger partial charge in [0.2, 0.25) is 0 Å². The lowest BCUT2D eigenvalue weighted by molar-refractivity contribution is -0.122. The summed E-state index contributed by atoms with van der Waals surface area (Å²) < 4.78 is 5.89. The fourth-order valence-electron chi connectivity index (χ4n) is 2.15. The van der Waals surface area contributed by atoms with Crippen molar-refractivity contribution in [2.45, 2.75) is 33.3 Å². The van der Waals surface area contributed by atoms with E-state index in [9.17, 15) is 4.79 Å². The summed E-state index contributed by atoms with van der Waals surface area (Å²) in [6, 6.07) is 10.9. The Morgan fingerprint density at radius 1 is 1.13 bits per heavy atom. The van der Waals surface area contributed by atoms with Crippen molar-refractivity contribution in [3.63, 3.8) is 0 Å². The molecule has 1 atom stereocenters. The van der Waals surface area contributed by atoms with Gasteiger partial charge in [-0.25, -0.2) is 0 Å². The maximum absolute atomic E-state index is 12.5. The van der Waals surface area contributed by atoms with Crippen LogP contribution in [-0.4, -0.2) is 12.0 Å². The summed E-state index contributed by atoms with van der Waals surface area (Å²) in [5.74, 6) is 0.431. The van der Waals surface area contributed by atoms with E-state index in [0.717, 1.165) is 11.1 Å². The number of amides is 1. The molecule has 0 spiro atoms. The smallest absolute Gasteiger partial charge is 0.265 e. The summed E-state index contributed by atoms with van der Waals surface area (Å²) in [5.41, 5.74) is 2.55. The van der Waals surface area contributed by atoms with Crippen molar-refractivity contribution in [3.8, 4) is 5.75 Å². The Labute approximate surface area is 146 Å². The second kappa shape index (κ2) is 7.71. The molecule has 2 aromatic rings. The molecule has 0 heterocycles. The zero-order valence-electron chi connectivity index (χ0n) is 13.3. The van der Waals surface area contributed by atoms with Gasteiger partial charge < -0.3 is 10.1 Å². The van der Waals surface area contributed by atoms with E-state index in [-0.39, 0.29) is 5.91 Å². The van der Waals surface area contributed by atoms with Crippen LogP contribution < -0.4 is 10.1 Å². The fourth-order valence-corrected chi connectivity index (χ4v) is 2.64. The zero-order chi connectivity index (χ0) is 17.0. The first kappa shape index (κ1) is 17.6. The molecule has 0 saturated heterocycles. The highest BCUT2D eigenvalue weighted by Crippen LogP contribution is 2.30. The van der Waals surface area contributed by atoms with Gasteiger partial charge >= 0.3 is 0 Å². The summed E-state index contributed by atoms with van der Waals surface area (Å²) in [4.78, 5) is 12.5. The predicted octanol–water partition coefficient (Wildman–Crippen LogP) is 5.41. The van der Waals surface area contributed by atoms with Gasteiger partial charge in [0.1, 0.15) is 5.75 Å². The maximum Gasteiger partial charge on any atom is 0.265 e. The molecule has 0 aliphatic rings. The Balaban J connectivity index is 2.17. The van der Waals surface area contributed by atoms with Gasteiger partial charge in [-0.2, -0.15) is 0 Å². The third-order valence-corrected chi connectivity index (χ3v) is 4.33. The highest BCUT2D eigenvalue weighted by atomic mass is 35.5. The van der Waals surface area contributed by atoms with Crippen LogP contribution in [0.3, 0.4) is 0 Å². The van der Waals surface area contributed by atoms with Crippen molar-refractivity contribution in [1.82, 2.24) is 0 Å². The highest BCUT2D eigenvalue weighted by molar-refractivity contribution is 6.39. The minimum absolute atomic E-state index is 0.275. The lowest BCUT2D eigenvalue weighted by Crippen LogP contribution is -2.32. The minimum Gasteiger partial charge on any atom is -0.480 e. The largest absolute Gasteiger partial charge is 0.480 e. The number of hydrogen-bond donors (Lipinski definition) is 1. The van der Waals surface area contributed by atoms with Gasteiger partial charge in [-0.15, -0.1) is 0 Å². The molecule has 5 heteroatoms. The van der Waals surface area contributed by atoms with E-state index in [2.05, 4.69) is 5.32 Å². The maximum atomic E-state index is 12.5. The van der Waals surface area contributed by atoms with Crippen molar-refractivity contribution < 1.29 is 9.53 Å². The Kier molecular flexibility index (Phi) is 5.91. The number of para-hydroxylation sites is 1. The number of carbonyl (C=O) groups is 1. The fraction of sp³-hybridized carbons (Fsp3) is 0.278. The topological polar surface area (TPSA) is 38.3 Å². The molecule has 0 saturated carbocycles. The molecular formula is C18H19Cl2NO2. The number of carbonyl (C=O) groups excluding carboxylic acids is 1. The molecule has 122 valence electrons. The number of halogens is 2. The number of nitrogens with one attached hydrogen (secondary N) is 1. The predicted molar refractivity (Wildman–Crippen MR) is 95.7 cm³/mol. The molecule has 3 nitrogen and oxygen atoms in total. The van der Waals surface area contributed by atoms with E-state index in [4.69, 9.17) is 27.9 Å². The van der Waals surface area contributed by atoms with E-state index in [0.29, 0.717) is 27.9 Å². The van der Waals surface area contributed by atoms with E-state index < -0.39 is 6.10 Å². The molecule has 0 unspecified atom stereocenters. The van der Waals surface area contributed by atoms with Crippen LogP contribution in [0.4, 0.5) is 5.69 Å². The van der Waals surface area contributed by atoms with E-state index in [1.54, 1.807) is 18.2 Å². The summed E-state index contributed by atoms with van der Waals surface area (Å²) in [6.07, 6.45) is -0.0933. The summed E-state index contributed by atoms with van der Waals surface area (Å²) in [6.45, 7) is 5.87. The minimum atomic E-state index is -0.622. The average Bonchev–Trinajstić information content (AvgIpc) is 2.52. The Bertz CT molecular complexity index is 696. The third-order valence-electron chi connectivity index (χ3n) is 3.70. The molecule has 0 fully saturated rings. The summed E-state index contributed by atoms with van der Waals surface area (Å²) >= 11 is 12.2. The van der Waals surface area contributed by atoms with Gasteiger partial charge in [-0.1, -0.05) is 48.3 Å². The van der Waals surface area contributed by atoms with E-state index >= 15 is 0 Å². The van der Waals surface area contributed by atoms with Crippen molar-refractivity contribution in [2.24, 2.45) is 0 Å². The molecule has 0 aliphatic carbocycles. The van der Waals surface area contributed by atoms with Crippen LogP contribution in [0.1, 0.15) is 24.5 Å². The number of hydrogen-bond acceptors (Lipinski definition) is 2. The Morgan fingerprint density at radius 3 is 2.35 bits per heavy atom. The molecule has 0 aliphatic heterocycles. The van der Waals surface area contributed by atoms with Crippen LogP contribution in [-0.2, 0) is 4.79 Å². The van der Waals surface area contributed by atoms with Crippen LogP contribution in [0.2, 0.25) is 10.0 Å². The van der Waals surface area contributed by atoms with Gasteiger partial charge in [0.15, 0.2) is 6.10 Å². The third kappa shape index (κ3) is 4.18. The van der Waals surface area contributed by atoms with Crippen molar-refractivity contribution in [3.05, 3.63) is 57.6 Å². The molecule has 0 bridgehead atoms. The normalized spacial score (nSPS) is 11.9. The van der Waals surface area contributed by atoms with Crippen molar-refractivity contribution in [1.29, 1.82) is 0 Å². The second-order valence-corrected chi connectivity index (χ2v) is 6.11. The van der Waals surface area contributed by atoms with Crippen molar-refractivity contribution >= 4 is 34.8 Å². The molecule has 2 aromatic carbocycles. The lowest BCUT2D eigenvalue weighted by Gasteiger charge is -2.20. The molecule has 0 aromatic heterocycles. The number of benzene rings is 2. The van der Waals surface area contributed by atoms with Gasteiger partial charge in [-0.3, -0.25) is 4.79 Å². The van der Waals surface area contributed by atoms with Crippen LogP contribution in [0.15, 0.2) is 36.4 Å². The van der Waals surface area contributed by atoms with Crippen LogP contribution in [0.5, 0.6) is 5.75 Å². The van der Waals surface area contributed by atoms with E-state index in [1.807, 2.05) is 39.0 Å². The molecular weight excluding hydrogens is 333 g/mol. The average molecular weight is 352 g/mol. The van der Waals surface area contributed by atoms with Gasteiger partial charge in [0.25, 0.3) is 5.91 Å². The Morgan fingerprint density at radius 2 is 1.74 bits per heavy atom. The number of ether oxygens (including phenoxy) is 1. The SMILES string of the molecule is CC[C@H](Oc1cccc(C)c1C)C(=O)Nc1c(Cl)cccc1Cl. The number of aryl methyl sites for hydroxylation is 1. The monoisotopic (exact) mass is 351 g/mol. The van der Waals surface area contributed by atoms with Gasteiger partial charge in [0.05, 0.1) is 15.7 Å². The molecule has 23 heavy (non-hydrogen) atoms. The quantitative estimate of drug-likeness (QED) is 0.782. The second-order valence-electron chi connectivity index (χ2n) is 5.30. The molecule has 2 rings (SSSR count). The summed E-state index contributed by atoms with van der Waals surface area (Å²) in [5, 5.41) is 3.55. The molecule has 1 N–H and O–H groups in total. The highest BCUT2D eigenvalue weighted by Gasteiger charge is 2.21. The lowest BCUT2D eigenvalue weighted by atomic mass is 10.1. The van der Waals surface area contributed by atoms with E-state index in [1.165, 1.54) is 0 Å². The van der Waals surface area contributed by atoms with Gasteiger partial charge in [0, 0.05) is 0 Å². The van der Waals surface area contributed by atoms with Crippen molar-refractivity contribution in [2.75, 3.05) is 5.32 Å². The Hall–Kier alpha value is -1.71. The molecule has 0 radical (unpaired) electrons. The number of rotatable bonds is 5. The first-order valence-corrected chi connectivity index (χ1v) is 8.17. The number of anilines is 1. The summed E-state index contributed by atoms with van der Waals surface area (Å²) in [7, 11) is 0. The van der Waals surface area contributed by atoms with Crippen LogP contribution in [0, 0.1) is 13.8 Å². The zero-order valence-corrected chi connectivity index (χ0v) is 14.8. The standard InChI is InChI=1S/C18H19Cl2NO2/c1-4-15(23-16-10-5-7-11(2)12(16)3)18(22)21-17-13(19)8-6-9-14(17)20/h5-10,15H,4H2,1-3H3,(H,21,22)/t15-/m0/s1. The van der Waals surface area contributed by atoms with Crippen LogP contribution >= 0.6 is 23.2 Å². The molecule has 1 amide bonds. The van der Waals surface area contributed by atoms with Gasteiger partial charge in [-0.05, 0) is 49.6 Å².